The number of nitrogens with one attached hydrogen (secondary N) is 3. The van der Waals surface area contributed by atoms with Crippen molar-refractivity contribution in [2.45, 2.75) is 64.4 Å². The molecule has 12 heteroatoms. The monoisotopic (exact) mass is 512 g/mol. The fourth-order valence-electron chi connectivity index (χ4n) is 4.09. The van der Waals surface area contributed by atoms with Gasteiger partial charge in [0.15, 0.2) is 5.82 Å². The van der Waals surface area contributed by atoms with Gasteiger partial charge in [-0.25, -0.2) is 9.48 Å². The highest BCUT2D eigenvalue weighted by Gasteiger charge is 2.39. The van der Waals surface area contributed by atoms with Crippen LogP contribution >= 0.6 is 0 Å². The number of fused-ring (bicyclic) bond motifs is 1. The summed E-state index contributed by atoms with van der Waals surface area (Å²) in [6, 6.07) is 7.10. The van der Waals surface area contributed by atoms with Crippen LogP contribution in [0.5, 0.6) is 0 Å². The largest absolute Gasteiger partial charge is 0.360 e. The van der Waals surface area contributed by atoms with Crippen molar-refractivity contribution in [2.75, 3.05) is 11.9 Å². The van der Waals surface area contributed by atoms with Crippen molar-refractivity contribution < 1.29 is 23.9 Å². The first kappa shape index (κ1) is 25.6. The number of ether oxygens (including phenoxy) is 1. The number of benzene rings is 1. The molecule has 1 fully saturated rings. The SMILES string of the molecule is C[Si](C)(C)CCOCn1ccc(NC(=O)NCc2ccc3c(c2)C(=O)N(C2CCC(=O)NC2=O)C3)n1. The zero-order chi connectivity index (χ0) is 25.9. The number of hydrogen-bond donors (Lipinski definition) is 3. The third kappa shape index (κ3) is 6.37. The van der Waals surface area contributed by atoms with E-state index in [2.05, 4.69) is 40.7 Å². The van der Waals surface area contributed by atoms with E-state index in [1.54, 1.807) is 23.0 Å². The summed E-state index contributed by atoms with van der Waals surface area (Å²) < 4.78 is 7.29. The fourth-order valence-corrected chi connectivity index (χ4v) is 4.85. The van der Waals surface area contributed by atoms with E-state index in [9.17, 15) is 19.2 Å². The first-order valence-electron chi connectivity index (χ1n) is 12.0. The van der Waals surface area contributed by atoms with E-state index in [1.807, 2.05) is 12.1 Å². The van der Waals surface area contributed by atoms with E-state index in [1.165, 1.54) is 4.90 Å². The molecule has 3 N–H and O–H groups in total. The average molecular weight is 513 g/mol. The van der Waals surface area contributed by atoms with Gasteiger partial charge in [-0.3, -0.25) is 25.0 Å². The third-order valence-corrected chi connectivity index (χ3v) is 7.85. The van der Waals surface area contributed by atoms with Gasteiger partial charge >= 0.3 is 6.03 Å². The van der Waals surface area contributed by atoms with Gasteiger partial charge < -0.3 is 15.0 Å². The molecule has 36 heavy (non-hydrogen) atoms. The molecule has 192 valence electrons. The first-order chi connectivity index (χ1) is 17.1. The van der Waals surface area contributed by atoms with E-state index >= 15 is 0 Å². The highest BCUT2D eigenvalue weighted by molar-refractivity contribution is 6.76. The molecule has 0 saturated carbocycles. The van der Waals surface area contributed by atoms with Gasteiger partial charge in [0.2, 0.25) is 11.8 Å². The highest BCUT2D eigenvalue weighted by Crippen LogP contribution is 2.28. The second-order valence-electron chi connectivity index (χ2n) is 10.3. The number of piperidine rings is 1. The standard InChI is InChI=1S/C24H32N6O5Si/c1-36(2,3)11-10-35-15-29-9-8-20(28-29)26-24(34)25-13-16-4-5-17-14-30(23(33)18(17)12-16)19-6-7-21(31)27-22(19)32/h4-5,8-9,12,19H,6-7,10-11,13-15H2,1-3H3,(H,27,31,32)(H2,25,26,28,34). The van der Waals surface area contributed by atoms with E-state index < -0.39 is 26.1 Å². The Bertz CT molecular complexity index is 1170. The Kier molecular flexibility index (Phi) is 7.55. The summed E-state index contributed by atoms with van der Waals surface area (Å²) >= 11 is 0. The number of nitrogens with zero attached hydrogens (tertiary/aromatic N) is 3. The number of carbonyl (C=O) groups is 4. The minimum Gasteiger partial charge on any atom is -0.360 e. The van der Waals surface area contributed by atoms with Gasteiger partial charge in [-0.1, -0.05) is 31.8 Å². The normalized spacial score (nSPS) is 17.7. The van der Waals surface area contributed by atoms with Crippen LogP contribution in [0.1, 0.15) is 34.3 Å². The Morgan fingerprint density at radius 3 is 2.78 bits per heavy atom. The molecule has 2 aromatic rings. The van der Waals surface area contributed by atoms with Crippen LogP contribution in [0.25, 0.3) is 0 Å². The lowest BCUT2D eigenvalue weighted by atomic mass is 10.0. The number of urea groups is 1. The maximum Gasteiger partial charge on any atom is 0.320 e. The highest BCUT2D eigenvalue weighted by atomic mass is 28.3. The maximum absolute atomic E-state index is 12.9. The van der Waals surface area contributed by atoms with Crippen LogP contribution in [-0.2, 0) is 34.1 Å². The van der Waals surface area contributed by atoms with Gasteiger partial charge in [-0.2, -0.15) is 5.10 Å². The average Bonchev–Trinajstić information content (AvgIpc) is 3.39. The predicted octanol–water partition coefficient (Wildman–Crippen LogP) is 2.28. The van der Waals surface area contributed by atoms with Crippen LogP contribution in [-0.4, -0.2) is 59.2 Å². The summed E-state index contributed by atoms with van der Waals surface area (Å²) in [6.45, 7) is 8.43. The number of rotatable bonds is 9. The van der Waals surface area contributed by atoms with Crippen molar-refractivity contribution in [1.82, 2.24) is 25.3 Å². The molecule has 1 saturated heterocycles. The second-order valence-corrected chi connectivity index (χ2v) is 15.9. The lowest BCUT2D eigenvalue weighted by Crippen LogP contribution is -2.52. The molecular weight excluding hydrogens is 480 g/mol. The summed E-state index contributed by atoms with van der Waals surface area (Å²) in [5, 5.41) is 12.0. The number of aromatic nitrogens is 2. The summed E-state index contributed by atoms with van der Waals surface area (Å²) in [5.74, 6) is -0.593. The topological polar surface area (TPSA) is 135 Å². The quantitative estimate of drug-likeness (QED) is 0.268. The Morgan fingerprint density at radius 2 is 2.03 bits per heavy atom. The van der Waals surface area contributed by atoms with Crippen LogP contribution < -0.4 is 16.0 Å². The minimum absolute atomic E-state index is 0.213. The molecule has 1 aromatic carbocycles. The molecule has 5 amide bonds. The zero-order valence-corrected chi connectivity index (χ0v) is 21.8. The predicted molar refractivity (Wildman–Crippen MR) is 135 cm³/mol. The Labute approximate surface area is 210 Å². The van der Waals surface area contributed by atoms with Crippen LogP contribution in [0.2, 0.25) is 25.7 Å². The van der Waals surface area contributed by atoms with Crippen molar-refractivity contribution in [1.29, 1.82) is 0 Å². The third-order valence-electron chi connectivity index (χ3n) is 6.15. The van der Waals surface area contributed by atoms with Crippen LogP contribution in [0, 0.1) is 0 Å². The second kappa shape index (κ2) is 10.6. The number of carbonyl (C=O) groups excluding carboxylic acids is 4. The van der Waals surface area contributed by atoms with Crippen molar-refractivity contribution >= 4 is 37.6 Å². The lowest BCUT2D eigenvalue weighted by Gasteiger charge is -2.29. The van der Waals surface area contributed by atoms with Gasteiger partial charge in [0.05, 0.1) is 0 Å². The minimum atomic E-state index is -1.14. The van der Waals surface area contributed by atoms with Gasteiger partial charge in [0.1, 0.15) is 12.8 Å². The van der Waals surface area contributed by atoms with Crippen LogP contribution in [0.15, 0.2) is 30.5 Å². The number of hydrogen-bond acceptors (Lipinski definition) is 6. The van der Waals surface area contributed by atoms with Crippen molar-refractivity contribution in [2.24, 2.45) is 0 Å². The van der Waals surface area contributed by atoms with Gasteiger partial charge in [0.25, 0.3) is 5.91 Å². The molecule has 0 aliphatic carbocycles. The summed E-state index contributed by atoms with van der Waals surface area (Å²) in [6.07, 6.45) is 2.27. The summed E-state index contributed by atoms with van der Waals surface area (Å²) in [5.41, 5.74) is 2.08. The van der Waals surface area contributed by atoms with Crippen molar-refractivity contribution in [3.8, 4) is 0 Å². The summed E-state index contributed by atoms with van der Waals surface area (Å²) in [4.78, 5) is 50.4. The van der Waals surface area contributed by atoms with Gasteiger partial charge in [0, 0.05) is 52.0 Å². The van der Waals surface area contributed by atoms with E-state index in [0.29, 0.717) is 37.7 Å². The molecule has 0 spiro atoms. The molecule has 2 aliphatic rings. The lowest BCUT2D eigenvalue weighted by molar-refractivity contribution is -0.136. The number of amides is 5. The van der Waals surface area contributed by atoms with Crippen molar-refractivity contribution in [3.05, 3.63) is 47.2 Å². The molecule has 1 aromatic heterocycles. The fraction of sp³-hybridized carbons (Fsp3) is 0.458. The smallest absolute Gasteiger partial charge is 0.320 e. The zero-order valence-electron chi connectivity index (χ0n) is 20.8. The number of imide groups is 1. The first-order valence-corrected chi connectivity index (χ1v) is 15.7. The molecule has 11 nitrogen and oxygen atoms in total. The van der Waals surface area contributed by atoms with Crippen LogP contribution in [0.3, 0.4) is 0 Å². The van der Waals surface area contributed by atoms with Gasteiger partial charge in [-0.15, -0.1) is 0 Å². The molecule has 0 bridgehead atoms. The number of anilines is 1. The van der Waals surface area contributed by atoms with E-state index in [0.717, 1.165) is 17.2 Å². The van der Waals surface area contributed by atoms with Gasteiger partial charge in [-0.05, 0) is 29.7 Å². The van der Waals surface area contributed by atoms with E-state index in [4.69, 9.17) is 4.74 Å². The summed E-state index contributed by atoms with van der Waals surface area (Å²) in [7, 11) is -1.14. The molecule has 0 radical (unpaired) electrons. The van der Waals surface area contributed by atoms with E-state index in [-0.39, 0.29) is 24.8 Å². The molecule has 1 unspecified atom stereocenters. The molecule has 1 atom stereocenters. The Balaban J connectivity index is 1.26. The van der Waals surface area contributed by atoms with Crippen molar-refractivity contribution in [3.63, 3.8) is 0 Å². The molecular formula is C24H32N6O5Si. The van der Waals surface area contributed by atoms with Crippen LogP contribution in [0.4, 0.5) is 10.6 Å². The molecule has 2 aliphatic heterocycles. The Hall–Kier alpha value is -3.51. The molecule has 3 heterocycles. The Morgan fingerprint density at radius 1 is 1.22 bits per heavy atom. The molecule has 4 rings (SSSR count). The maximum atomic E-state index is 12.9.